The van der Waals surface area contributed by atoms with Crippen molar-refractivity contribution in [2.45, 2.75) is 45.5 Å². The van der Waals surface area contributed by atoms with Gasteiger partial charge in [0.1, 0.15) is 0 Å². The minimum atomic E-state index is -1.09. The van der Waals surface area contributed by atoms with Crippen molar-refractivity contribution in [3.63, 3.8) is 0 Å². The third-order valence-electron chi connectivity index (χ3n) is 3.58. The summed E-state index contributed by atoms with van der Waals surface area (Å²) < 4.78 is 0. The van der Waals surface area contributed by atoms with E-state index in [1.807, 2.05) is 38.1 Å². The van der Waals surface area contributed by atoms with Crippen LogP contribution >= 0.6 is 0 Å². The molecule has 1 aromatic carbocycles. The molecule has 1 rings (SSSR count). The van der Waals surface area contributed by atoms with Crippen LogP contribution in [0.15, 0.2) is 54.6 Å². The number of benzene rings is 1. The van der Waals surface area contributed by atoms with Crippen LogP contribution in [0.5, 0.6) is 0 Å². The van der Waals surface area contributed by atoms with Crippen LogP contribution in [0.1, 0.15) is 25.3 Å². The molecular formula is C19H28OSi. The molecule has 1 nitrogen and oxygen atoms in total. The quantitative estimate of drug-likeness (QED) is 0.372. The van der Waals surface area contributed by atoms with E-state index in [1.54, 1.807) is 6.08 Å². The van der Waals surface area contributed by atoms with Crippen molar-refractivity contribution in [2.75, 3.05) is 0 Å². The van der Waals surface area contributed by atoms with Gasteiger partial charge in [0.05, 0.1) is 0 Å². The third-order valence-corrected chi connectivity index (χ3v) is 5.04. The maximum atomic E-state index is 12.2. The van der Waals surface area contributed by atoms with Gasteiger partial charge in [-0.2, -0.15) is 0 Å². The summed E-state index contributed by atoms with van der Waals surface area (Å²) in [7, 11) is -1.09. The van der Waals surface area contributed by atoms with Crippen LogP contribution in [0.3, 0.4) is 0 Å². The third kappa shape index (κ3) is 6.26. The molecular weight excluding hydrogens is 272 g/mol. The molecule has 0 fully saturated rings. The van der Waals surface area contributed by atoms with Gasteiger partial charge in [0, 0.05) is 19.9 Å². The fourth-order valence-electron chi connectivity index (χ4n) is 2.30. The Morgan fingerprint density at radius 3 is 2.33 bits per heavy atom. The predicted molar refractivity (Wildman–Crippen MR) is 95.5 cm³/mol. The molecule has 0 aliphatic rings. The molecule has 0 radical (unpaired) electrons. The number of allylic oxidation sites excluding steroid dienone is 4. The lowest BCUT2D eigenvalue weighted by atomic mass is 9.84. The molecule has 0 aliphatic carbocycles. The second kappa shape index (κ2) is 8.13. The molecule has 0 unspecified atom stereocenters. The van der Waals surface area contributed by atoms with E-state index < -0.39 is 8.07 Å². The Bertz CT molecular complexity index is 494. The first-order chi connectivity index (χ1) is 9.85. The van der Waals surface area contributed by atoms with E-state index in [9.17, 15) is 4.79 Å². The molecule has 0 saturated heterocycles. The van der Waals surface area contributed by atoms with Crippen molar-refractivity contribution in [1.29, 1.82) is 0 Å². The molecule has 0 amide bonds. The first-order valence-corrected chi connectivity index (χ1v) is 11.4. The number of carbonyl (C=O) groups is 1. The average molecular weight is 301 g/mol. The van der Waals surface area contributed by atoms with E-state index in [-0.39, 0.29) is 17.6 Å². The van der Waals surface area contributed by atoms with Crippen LogP contribution in [-0.4, -0.2) is 13.9 Å². The van der Waals surface area contributed by atoms with Gasteiger partial charge in [-0.05, 0) is 24.6 Å². The van der Waals surface area contributed by atoms with Crippen LogP contribution in [0, 0.1) is 5.92 Å². The summed E-state index contributed by atoms with van der Waals surface area (Å²) in [5.74, 6) is 0.330. The zero-order chi connectivity index (χ0) is 15.9. The lowest BCUT2D eigenvalue weighted by molar-refractivity contribution is -0.118. The van der Waals surface area contributed by atoms with Gasteiger partial charge in [0.25, 0.3) is 0 Å². The maximum absolute atomic E-state index is 12.2. The molecule has 0 heterocycles. The molecule has 1 aromatic rings. The largest absolute Gasteiger partial charge is 0.295 e. The van der Waals surface area contributed by atoms with Gasteiger partial charge in [0.2, 0.25) is 0 Å². The molecule has 2 atom stereocenters. The maximum Gasteiger partial charge on any atom is 0.159 e. The molecule has 21 heavy (non-hydrogen) atoms. The van der Waals surface area contributed by atoms with Gasteiger partial charge in [-0.25, -0.2) is 0 Å². The molecule has 114 valence electrons. The van der Waals surface area contributed by atoms with Gasteiger partial charge < -0.3 is 0 Å². The van der Waals surface area contributed by atoms with E-state index in [0.717, 1.165) is 6.04 Å². The summed E-state index contributed by atoms with van der Waals surface area (Å²) in [5.41, 5.74) is 1.22. The van der Waals surface area contributed by atoms with E-state index >= 15 is 0 Å². The summed E-state index contributed by atoms with van der Waals surface area (Å²) in [6.45, 7) is 11.0. The highest BCUT2D eigenvalue weighted by Crippen LogP contribution is 2.28. The molecule has 0 bridgehead atoms. The number of ketones is 1. The highest BCUT2D eigenvalue weighted by molar-refractivity contribution is 6.76. The number of rotatable bonds is 7. The van der Waals surface area contributed by atoms with Crippen molar-refractivity contribution in [3.8, 4) is 0 Å². The van der Waals surface area contributed by atoms with Crippen molar-refractivity contribution in [1.82, 2.24) is 0 Å². The Hall–Kier alpha value is -1.41. The van der Waals surface area contributed by atoms with E-state index in [2.05, 4.69) is 43.9 Å². The molecule has 0 aromatic heterocycles. The summed E-state index contributed by atoms with van der Waals surface area (Å²) >= 11 is 0. The molecule has 0 aliphatic heterocycles. The molecule has 0 N–H and O–H groups in total. The van der Waals surface area contributed by atoms with E-state index in [0.29, 0.717) is 0 Å². The normalized spacial score (nSPS) is 15.5. The van der Waals surface area contributed by atoms with Gasteiger partial charge in [0.15, 0.2) is 5.78 Å². The fraction of sp³-hybridized carbons (Fsp3) is 0.421. The summed E-state index contributed by atoms with van der Waals surface area (Å²) in [6.07, 6.45) is 8.03. The lowest BCUT2D eigenvalue weighted by Crippen LogP contribution is -2.19. The molecule has 0 spiro atoms. The summed E-state index contributed by atoms with van der Waals surface area (Å²) in [6, 6.07) is 11.5. The number of hydrogen-bond acceptors (Lipinski definition) is 1. The Morgan fingerprint density at radius 2 is 1.81 bits per heavy atom. The number of carbonyl (C=O) groups excluding carboxylic acids is 1. The van der Waals surface area contributed by atoms with Gasteiger partial charge in [-0.15, -0.1) is 0 Å². The first kappa shape index (κ1) is 17.6. The van der Waals surface area contributed by atoms with E-state index in [4.69, 9.17) is 0 Å². The SMILES string of the molecule is C/C=C/C(=O)[C@@H](C)[C@@H](/C=C/C[Si](C)(C)C)c1ccccc1. The van der Waals surface area contributed by atoms with Crippen molar-refractivity contribution in [3.05, 3.63) is 60.2 Å². The predicted octanol–water partition coefficient (Wildman–Crippen LogP) is 5.45. The van der Waals surface area contributed by atoms with Crippen LogP contribution in [-0.2, 0) is 4.79 Å². The smallest absolute Gasteiger partial charge is 0.159 e. The number of hydrogen-bond donors (Lipinski definition) is 0. The minimum absolute atomic E-state index is 0.0264. The van der Waals surface area contributed by atoms with Gasteiger partial charge in [-0.1, -0.05) is 75.1 Å². The van der Waals surface area contributed by atoms with Crippen LogP contribution in [0.25, 0.3) is 0 Å². The average Bonchev–Trinajstić information content (AvgIpc) is 2.43. The fourth-order valence-corrected chi connectivity index (χ4v) is 3.15. The first-order valence-electron chi connectivity index (χ1n) is 7.73. The monoisotopic (exact) mass is 300 g/mol. The Balaban J connectivity index is 2.98. The Labute approximate surface area is 130 Å². The highest BCUT2D eigenvalue weighted by atomic mass is 28.3. The van der Waals surface area contributed by atoms with Crippen molar-refractivity contribution in [2.24, 2.45) is 5.92 Å². The lowest BCUT2D eigenvalue weighted by Gasteiger charge is -2.20. The van der Waals surface area contributed by atoms with Gasteiger partial charge in [-0.3, -0.25) is 4.79 Å². The Kier molecular flexibility index (Phi) is 6.83. The summed E-state index contributed by atoms with van der Waals surface area (Å²) in [5, 5.41) is 0. The topological polar surface area (TPSA) is 17.1 Å². The van der Waals surface area contributed by atoms with Gasteiger partial charge >= 0.3 is 0 Å². The van der Waals surface area contributed by atoms with Crippen molar-refractivity contribution < 1.29 is 4.79 Å². The molecule has 2 heteroatoms. The minimum Gasteiger partial charge on any atom is -0.295 e. The van der Waals surface area contributed by atoms with Crippen LogP contribution < -0.4 is 0 Å². The zero-order valence-corrected chi connectivity index (χ0v) is 15.0. The zero-order valence-electron chi connectivity index (χ0n) is 14.0. The van der Waals surface area contributed by atoms with Crippen LogP contribution in [0.2, 0.25) is 25.7 Å². The van der Waals surface area contributed by atoms with Crippen LogP contribution in [0.4, 0.5) is 0 Å². The Morgan fingerprint density at radius 1 is 1.19 bits per heavy atom. The highest BCUT2D eigenvalue weighted by Gasteiger charge is 2.21. The second-order valence-corrected chi connectivity index (χ2v) is 12.4. The summed E-state index contributed by atoms with van der Waals surface area (Å²) in [4.78, 5) is 12.2. The van der Waals surface area contributed by atoms with Crippen molar-refractivity contribution >= 4 is 13.9 Å². The standard InChI is InChI=1S/C19H28OSi/c1-6-11-19(20)16(2)18(14-10-15-21(3,4)5)17-12-8-7-9-13-17/h6-14,16,18H,15H2,1-5H3/b11-6+,14-10+/t16-,18+/m0/s1. The molecule has 0 saturated carbocycles. The van der Waals surface area contributed by atoms with E-state index in [1.165, 1.54) is 5.56 Å². The second-order valence-electron chi connectivity index (χ2n) is 6.82.